The number of carbonyl (C=O) groups is 4. The summed E-state index contributed by atoms with van der Waals surface area (Å²) < 4.78 is 24.1. The predicted octanol–water partition coefficient (Wildman–Crippen LogP) is 8.53. The first-order chi connectivity index (χ1) is 30.4. The lowest BCUT2D eigenvalue weighted by atomic mass is 9.85. The third kappa shape index (κ3) is 8.70. The van der Waals surface area contributed by atoms with E-state index in [4.69, 9.17) is 19.4 Å². The maximum absolute atomic E-state index is 14.4. The van der Waals surface area contributed by atoms with Crippen molar-refractivity contribution in [2.75, 3.05) is 32.2 Å². The lowest BCUT2D eigenvalue weighted by Gasteiger charge is -2.34. The first-order valence-electron chi connectivity index (χ1n) is 22.3. The number of nitrogens with zero attached hydrogens (tertiary/aromatic N) is 5. The van der Waals surface area contributed by atoms with Crippen LogP contribution in [0, 0.1) is 16.6 Å². The number of fused-ring (bicyclic) bond motifs is 2. The molecular formula is C48H60FN9O6. The van der Waals surface area contributed by atoms with Gasteiger partial charge in [-0.05, 0) is 109 Å². The molecule has 2 unspecified atom stereocenters. The largest absolute Gasteiger partial charge is 0.453 e. The van der Waals surface area contributed by atoms with Gasteiger partial charge in [0.1, 0.15) is 29.5 Å². The maximum Gasteiger partial charge on any atom is 0.407 e. The van der Waals surface area contributed by atoms with Crippen molar-refractivity contribution in [2.45, 2.75) is 116 Å². The molecule has 3 saturated heterocycles. The lowest BCUT2D eigenvalue weighted by molar-refractivity contribution is -0.137. The van der Waals surface area contributed by atoms with Crippen molar-refractivity contribution in [1.82, 2.24) is 40.4 Å². The number of rotatable bonds is 9. The van der Waals surface area contributed by atoms with Crippen LogP contribution < -0.4 is 15.5 Å². The van der Waals surface area contributed by atoms with Gasteiger partial charge in [0.05, 0.1) is 60.5 Å². The van der Waals surface area contributed by atoms with Crippen LogP contribution in [0.2, 0.25) is 0 Å². The molecule has 0 aliphatic carbocycles. The molecule has 0 radical (unpaired) electrons. The Morgan fingerprint density at radius 1 is 0.641 bits per heavy atom. The second-order valence-electron chi connectivity index (χ2n) is 19.5. The number of halogens is 1. The number of likely N-dealkylation sites (tertiary alicyclic amines) is 2. The van der Waals surface area contributed by atoms with Gasteiger partial charge in [-0.1, -0.05) is 53.7 Å². The topological polar surface area (TPSA) is 178 Å². The summed E-state index contributed by atoms with van der Waals surface area (Å²) in [6.45, 7) is 12.6. The number of aromatic nitrogens is 4. The van der Waals surface area contributed by atoms with E-state index < -0.39 is 35.1 Å². The van der Waals surface area contributed by atoms with Crippen molar-refractivity contribution >= 4 is 51.8 Å². The number of benzene rings is 3. The molecule has 3 aliphatic rings. The van der Waals surface area contributed by atoms with E-state index >= 15 is 0 Å². The minimum atomic E-state index is -0.780. The number of ether oxygens (including phenoxy) is 2. The van der Waals surface area contributed by atoms with Crippen molar-refractivity contribution in [3.8, 4) is 0 Å². The van der Waals surface area contributed by atoms with Crippen LogP contribution in [0.5, 0.6) is 0 Å². The number of imidazole rings is 2. The maximum atomic E-state index is 14.4. The van der Waals surface area contributed by atoms with E-state index in [2.05, 4.69) is 49.8 Å². The van der Waals surface area contributed by atoms with Gasteiger partial charge < -0.3 is 44.8 Å². The molecule has 3 aromatic carbocycles. The standard InChI is InChI=1S/C48H60FN9O6/c1-47(2,3)39(54-45(61)63-7)43(59)56-23-9-11-37(56)41-50-31-19-13-27(25-33(31)52-41)35-21-22-36(58(35)30-17-15-29(49)16-18-30)28-14-20-32-34(26-28)53-42(51-32)38-12-10-24-57(38)44(60)40(48(4,5)6)55-46(62)64-8/h13-20,25-26,35-40H,9-12,21-24H2,1-8H3,(H,50,52)(H,51,53)(H,54,61)(H,55,62)/t35?,36?,37-,38-,39+,40+/m0/s1. The van der Waals surface area contributed by atoms with Crippen LogP contribution in [-0.2, 0) is 19.1 Å². The number of amides is 4. The van der Waals surface area contributed by atoms with Gasteiger partial charge in [0.2, 0.25) is 11.8 Å². The van der Waals surface area contributed by atoms with Gasteiger partial charge in [-0.25, -0.2) is 23.9 Å². The summed E-state index contributed by atoms with van der Waals surface area (Å²) in [6, 6.07) is 16.9. The van der Waals surface area contributed by atoms with Crippen LogP contribution in [0.4, 0.5) is 19.7 Å². The molecule has 4 N–H and O–H groups in total. The number of aromatic amines is 2. The summed E-state index contributed by atoms with van der Waals surface area (Å²) in [6.07, 6.45) is 3.45. The van der Waals surface area contributed by atoms with Gasteiger partial charge in [0.15, 0.2) is 0 Å². The number of anilines is 1. The third-order valence-corrected chi connectivity index (χ3v) is 13.2. The molecule has 0 spiro atoms. The van der Waals surface area contributed by atoms with Crippen LogP contribution in [-0.4, -0.2) is 93.1 Å². The Balaban J connectivity index is 1.06. The van der Waals surface area contributed by atoms with Crippen LogP contribution in [0.15, 0.2) is 60.7 Å². The Bertz CT molecular complexity index is 2390. The van der Waals surface area contributed by atoms with E-state index in [1.54, 1.807) is 0 Å². The van der Waals surface area contributed by atoms with E-state index in [9.17, 15) is 23.6 Å². The Morgan fingerprint density at radius 3 is 1.45 bits per heavy atom. The number of alkyl carbamates (subject to hydrolysis) is 2. The summed E-state index contributed by atoms with van der Waals surface area (Å²) >= 11 is 0. The second kappa shape index (κ2) is 17.4. The molecule has 5 aromatic rings. The SMILES string of the molecule is COC(=O)N[C@H](C(=O)N1CCC[C@H]1c1nc2cc(C3CCC(c4ccc5[nH]c([C@@H]6CCCN6C(=O)[C@@H](NC(=O)OC)C(C)(C)C)nc5c4)N3c3ccc(F)cc3)ccc2[nH]1)C(C)(C)C. The smallest absolute Gasteiger partial charge is 0.407 e. The van der Waals surface area contributed by atoms with Gasteiger partial charge in [-0.15, -0.1) is 0 Å². The molecule has 0 bridgehead atoms. The quantitative estimate of drug-likeness (QED) is 0.113. The molecule has 340 valence electrons. The highest BCUT2D eigenvalue weighted by atomic mass is 19.1. The first kappa shape index (κ1) is 44.4. The number of methoxy groups -OCH3 is 2. The molecule has 16 heteroatoms. The van der Waals surface area contributed by atoms with Gasteiger partial charge in [-0.3, -0.25) is 9.59 Å². The number of nitrogens with one attached hydrogen (secondary N) is 4. The monoisotopic (exact) mass is 877 g/mol. The van der Waals surface area contributed by atoms with Crippen molar-refractivity contribution in [3.05, 3.63) is 89.3 Å². The van der Waals surface area contributed by atoms with Crippen molar-refractivity contribution in [3.63, 3.8) is 0 Å². The average Bonchev–Trinajstić information content (AvgIpc) is 4.11. The van der Waals surface area contributed by atoms with Crippen molar-refractivity contribution in [2.24, 2.45) is 10.8 Å². The molecular weight excluding hydrogens is 818 g/mol. The molecule has 15 nitrogen and oxygen atoms in total. The van der Waals surface area contributed by atoms with Crippen LogP contribution in [0.3, 0.4) is 0 Å². The van der Waals surface area contributed by atoms with Crippen LogP contribution in [0.1, 0.15) is 127 Å². The molecule has 2 aromatic heterocycles. The average molecular weight is 878 g/mol. The molecule has 0 saturated carbocycles. The minimum Gasteiger partial charge on any atom is -0.453 e. The molecule has 3 aliphatic heterocycles. The fourth-order valence-corrected chi connectivity index (χ4v) is 9.87. The fourth-order valence-electron chi connectivity index (χ4n) is 9.87. The van der Waals surface area contributed by atoms with Gasteiger partial charge in [0.25, 0.3) is 0 Å². The summed E-state index contributed by atoms with van der Waals surface area (Å²) in [4.78, 5) is 75.7. The van der Waals surface area contributed by atoms with E-state index in [-0.39, 0.29) is 41.8 Å². The second-order valence-corrected chi connectivity index (χ2v) is 19.5. The highest BCUT2D eigenvalue weighted by Gasteiger charge is 2.43. The normalized spacial score (nSPS) is 21.4. The molecule has 8 rings (SSSR count). The van der Waals surface area contributed by atoms with Gasteiger partial charge >= 0.3 is 12.2 Å². The number of hydrogen-bond donors (Lipinski definition) is 4. The zero-order valence-corrected chi connectivity index (χ0v) is 38.0. The summed E-state index contributed by atoms with van der Waals surface area (Å²) in [7, 11) is 2.58. The Morgan fingerprint density at radius 2 is 1.06 bits per heavy atom. The summed E-state index contributed by atoms with van der Waals surface area (Å²) in [5, 5.41) is 5.51. The number of H-pyrrole nitrogens is 2. The highest BCUT2D eigenvalue weighted by molar-refractivity contribution is 5.88. The van der Waals surface area contributed by atoms with Gasteiger partial charge in [0, 0.05) is 18.8 Å². The lowest BCUT2D eigenvalue weighted by Crippen LogP contribution is -2.54. The number of hydrogen-bond acceptors (Lipinski definition) is 9. The molecule has 5 heterocycles. The molecule has 64 heavy (non-hydrogen) atoms. The highest BCUT2D eigenvalue weighted by Crippen LogP contribution is 2.48. The Hall–Kier alpha value is -6.19. The van der Waals surface area contributed by atoms with Crippen LogP contribution >= 0.6 is 0 Å². The van der Waals surface area contributed by atoms with E-state index in [1.807, 2.05) is 75.6 Å². The molecule has 3 fully saturated rings. The van der Waals surface area contributed by atoms with E-state index in [0.717, 1.165) is 77.4 Å². The van der Waals surface area contributed by atoms with Crippen molar-refractivity contribution in [1.29, 1.82) is 0 Å². The molecule has 6 atom stereocenters. The Labute approximate surface area is 372 Å². The van der Waals surface area contributed by atoms with Crippen LogP contribution in [0.25, 0.3) is 22.1 Å². The zero-order chi connectivity index (χ0) is 45.7. The fraction of sp³-hybridized carbons (Fsp3) is 0.500. The van der Waals surface area contributed by atoms with Gasteiger partial charge in [-0.2, -0.15) is 0 Å². The van der Waals surface area contributed by atoms with E-state index in [0.29, 0.717) is 24.7 Å². The Kier molecular flexibility index (Phi) is 12.1. The number of carbonyl (C=O) groups excluding carboxylic acids is 4. The predicted molar refractivity (Wildman–Crippen MR) is 241 cm³/mol. The third-order valence-electron chi connectivity index (χ3n) is 13.2. The van der Waals surface area contributed by atoms with Crippen molar-refractivity contribution < 1.29 is 33.0 Å². The first-order valence-corrected chi connectivity index (χ1v) is 22.3. The zero-order valence-electron chi connectivity index (χ0n) is 38.0. The summed E-state index contributed by atoms with van der Waals surface area (Å²) in [5.74, 6) is 0.745. The van der Waals surface area contributed by atoms with E-state index in [1.165, 1.54) is 26.4 Å². The minimum absolute atomic E-state index is 0.0561. The molecule has 4 amide bonds. The summed E-state index contributed by atoms with van der Waals surface area (Å²) in [5.41, 5.74) is 5.21.